The molecule has 0 saturated carbocycles. The van der Waals surface area contributed by atoms with E-state index in [1.165, 1.54) is 31.4 Å². The van der Waals surface area contributed by atoms with Crippen molar-refractivity contribution in [2.45, 2.75) is 32.5 Å². The van der Waals surface area contributed by atoms with Crippen LogP contribution in [0.3, 0.4) is 0 Å². The lowest BCUT2D eigenvalue weighted by molar-refractivity contribution is -0.139. The minimum absolute atomic E-state index is 0.0393. The molecule has 1 saturated heterocycles. The predicted octanol–water partition coefficient (Wildman–Crippen LogP) is 3.03. The van der Waals surface area contributed by atoms with Gasteiger partial charge in [0.1, 0.15) is 22.9 Å². The van der Waals surface area contributed by atoms with Crippen LogP contribution in [0.2, 0.25) is 0 Å². The largest absolute Gasteiger partial charge is 0.497 e. The number of benzene rings is 2. The van der Waals surface area contributed by atoms with E-state index in [4.69, 9.17) is 9.47 Å². The summed E-state index contributed by atoms with van der Waals surface area (Å²) in [5.41, 5.74) is 0.960. The highest BCUT2D eigenvalue weighted by Crippen LogP contribution is 2.25. The molecular formula is C23H27FN2O5. The zero-order chi connectivity index (χ0) is 22.5. The molecule has 0 radical (unpaired) electrons. The first-order valence-electron chi connectivity index (χ1n) is 10.1. The summed E-state index contributed by atoms with van der Waals surface area (Å²) in [5, 5.41) is 9.38. The van der Waals surface area contributed by atoms with Gasteiger partial charge >= 0.3 is 5.97 Å². The summed E-state index contributed by atoms with van der Waals surface area (Å²) >= 11 is 0. The number of carbonyl (C=O) groups excluding carboxylic acids is 1. The molecule has 3 rings (SSSR count). The normalized spacial score (nSPS) is 19.2. The fourth-order valence-corrected chi connectivity index (χ4v) is 3.74. The first kappa shape index (κ1) is 22.6. The molecule has 0 bridgehead atoms. The standard InChI is InChI=1S/C23H27FN2O5/c1-15-12-26(16(2)11-25(15)13-17-4-6-18(24)7-5-17)22(27)14-31-21-9-8-19(30-3)10-20(21)23(28)29/h4-10,15-16H,11-14H2,1-3H3,(H,28,29)/t15-,16+/m1/s1. The quantitative estimate of drug-likeness (QED) is 0.728. The van der Waals surface area contributed by atoms with Crippen LogP contribution >= 0.6 is 0 Å². The third-order valence-corrected chi connectivity index (χ3v) is 5.50. The Kier molecular flexibility index (Phi) is 7.12. The number of carboxylic acid groups (broad SMARTS) is 1. The average molecular weight is 430 g/mol. The van der Waals surface area contributed by atoms with Gasteiger partial charge in [-0.05, 0) is 49.7 Å². The number of aromatic carboxylic acids is 1. The molecular weight excluding hydrogens is 403 g/mol. The minimum atomic E-state index is -1.15. The van der Waals surface area contributed by atoms with E-state index in [9.17, 15) is 19.1 Å². The summed E-state index contributed by atoms with van der Waals surface area (Å²) in [4.78, 5) is 28.3. The maximum Gasteiger partial charge on any atom is 0.339 e. The fraction of sp³-hybridized carbons (Fsp3) is 0.391. The molecule has 8 heteroatoms. The lowest BCUT2D eigenvalue weighted by Gasteiger charge is -2.44. The maximum absolute atomic E-state index is 13.1. The number of piperazine rings is 1. The number of halogens is 1. The highest BCUT2D eigenvalue weighted by atomic mass is 19.1. The number of amides is 1. The monoisotopic (exact) mass is 430 g/mol. The molecule has 0 aromatic heterocycles. The summed E-state index contributed by atoms with van der Waals surface area (Å²) in [7, 11) is 1.45. The summed E-state index contributed by atoms with van der Waals surface area (Å²) in [6.45, 7) is 5.64. The zero-order valence-electron chi connectivity index (χ0n) is 17.9. The lowest BCUT2D eigenvalue weighted by Crippen LogP contribution is -2.58. The van der Waals surface area contributed by atoms with Crippen LogP contribution in [0.4, 0.5) is 4.39 Å². The van der Waals surface area contributed by atoms with E-state index in [1.54, 1.807) is 23.1 Å². The van der Waals surface area contributed by atoms with Crippen LogP contribution in [0, 0.1) is 5.82 Å². The van der Waals surface area contributed by atoms with Gasteiger partial charge in [0.15, 0.2) is 6.61 Å². The van der Waals surface area contributed by atoms with Crippen molar-refractivity contribution < 1.29 is 28.6 Å². The molecule has 1 aliphatic heterocycles. The molecule has 0 aliphatic carbocycles. The number of nitrogens with zero attached hydrogens (tertiary/aromatic N) is 2. The number of methoxy groups -OCH3 is 1. The number of hydrogen-bond donors (Lipinski definition) is 1. The van der Waals surface area contributed by atoms with Gasteiger partial charge in [-0.2, -0.15) is 0 Å². The van der Waals surface area contributed by atoms with E-state index in [0.29, 0.717) is 25.4 Å². The van der Waals surface area contributed by atoms with Crippen LogP contribution in [0.5, 0.6) is 11.5 Å². The van der Waals surface area contributed by atoms with E-state index in [0.717, 1.165) is 5.56 Å². The second kappa shape index (κ2) is 9.78. The first-order chi connectivity index (χ1) is 14.8. The maximum atomic E-state index is 13.1. The Hall–Kier alpha value is -3.13. The Morgan fingerprint density at radius 2 is 1.81 bits per heavy atom. The Morgan fingerprint density at radius 1 is 1.10 bits per heavy atom. The van der Waals surface area contributed by atoms with E-state index < -0.39 is 5.97 Å². The van der Waals surface area contributed by atoms with Crippen LogP contribution in [0.25, 0.3) is 0 Å². The highest BCUT2D eigenvalue weighted by molar-refractivity contribution is 5.91. The van der Waals surface area contributed by atoms with Crippen molar-refractivity contribution >= 4 is 11.9 Å². The van der Waals surface area contributed by atoms with Gasteiger partial charge in [0, 0.05) is 31.7 Å². The average Bonchev–Trinajstić information content (AvgIpc) is 2.75. The van der Waals surface area contributed by atoms with Crippen molar-refractivity contribution in [2.24, 2.45) is 0 Å². The Balaban J connectivity index is 1.60. The molecule has 7 nitrogen and oxygen atoms in total. The van der Waals surface area contributed by atoms with Gasteiger partial charge in [0.25, 0.3) is 5.91 Å². The van der Waals surface area contributed by atoms with Crippen LogP contribution in [-0.2, 0) is 11.3 Å². The molecule has 1 fully saturated rings. The highest BCUT2D eigenvalue weighted by Gasteiger charge is 2.32. The number of carbonyl (C=O) groups is 2. The van der Waals surface area contributed by atoms with Gasteiger partial charge in [-0.15, -0.1) is 0 Å². The second-order valence-corrected chi connectivity index (χ2v) is 7.76. The molecule has 2 atom stereocenters. The Labute approximate surface area is 181 Å². The van der Waals surface area contributed by atoms with Gasteiger partial charge in [-0.25, -0.2) is 9.18 Å². The van der Waals surface area contributed by atoms with Crippen molar-refractivity contribution in [1.82, 2.24) is 9.80 Å². The van der Waals surface area contributed by atoms with Crippen molar-refractivity contribution in [3.63, 3.8) is 0 Å². The molecule has 2 aromatic carbocycles. The fourth-order valence-electron chi connectivity index (χ4n) is 3.74. The van der Waals surface area contributed by atoms with Crippen molar-refractivity contribution in [1.29, 1.82) is 0 Å². The number of hydrogen-bond acceptors (Lipinski definition) is 5. The van der Waals surface area contributed by atoms with Crippen molar-refractivity contribution in [3.05, 3.63) is 59.4 Å². The first-order valence-corrected chi connectivity index (χ1v) is 10.1. The SMILES string of the molecule is COc1ccc(OCC(=O)N2C[C@@H](C)N(Cc3ccc(F)cc3)C[C@@H]2C)c(C(=O)O)c1. The molecule has 1 aliphatic rings. The topological polar surface area (TPSA) is 79.3 Å². The van der Waals surface area contributed by atoms with Crippen molar-refractivity contribution in [3.8, 4) is 11.5 Å². The lowest BCUT2D eigenvalue weighted by atomic mass is 10.1. The van der Waals surface area contributed by atoms with Gasteiger partial charge in [0.05, 0.1) is 7.11 Å². The predicted molar refractivity (Wildman–Crippen MR) is 113 cm³/mol. The van der Waals surface area contributed by atoms with Gasteiger partial charge in [0.2, 0.25) is 0 Å². The molecule has 1 heterocycles. The molecule has 2 aromatic rings. The van der Waals surface area contributed by atoms with Crippen LogP contribution in [-0.4, -0.2) is 65.7 Å². The van der Waals surface area contributed by atoms with Crippen LogP contribution in [0.1, 0.15) is 29.8 Å². The van der Waals surface area contributed by atoms with Gasteiger partial charge in [-0.3, -0.25) is 9.69 Å². The third kappa shape index (κ3) is 5.52. The molecule has 1 amide bonds. The van der Waals surface area contributed by atoms with E-state index in [2.05, 4.69) is 4.90 Å². The number of rotatable bonds is 7. The second-order valence-electron chi connectivity index (χ2n) is 7.76. The number of carboxylic acids is 1. The summed E-state index contributed by atoms with van der Waals surface area (Å²) in [6.07, 6.45) is 0. The Morgan fingerprint density at radius 3 is 2.45 bits per heavy atom. The molecule has 31 heavy (non-hydrogen) atoms. The molecule has 0 unspecified atom stereocenters. The molecule has 166 valence electrons. The van der Waals surface area contributed by atoms with E-state index in [1.807, 2.05) is 13.8 Å². The van der Waals surface area contributed by atoms with E-state index >= 15 is 0 Å². The summed E-state index contributed by atoms with van der Waals surface area (Å²) < 4.78 is 23.7. The summed E-state index contributed by atoms with van der Waals surface area (Å²) in [5.74, 6) is -1.10. The molecule has 1 N–H and O–H groups in total. The smallest absolute Gasteiger partial charge is 0.339 e. The zero-order valence-corrected chi connectivity index (χ0v) is 17.9. The van der Waals surface area contributed by atoms with Crippen molar-refractivity contribution in [2.75, 3.05) is 26.8 Å². The van der Waals surface area contributed by atoms with E-state index in [-0.39, 0.29) is 41.7 Å². The number of ether oxygens (including phenoxy) is 2. The summed E-state index contributed by atoms with van der Waals surface area (Å²) in [6, 6.07) is 11.0. The van der Waals surface area contributed by atoms with Crippen LogP contribution in [0.15, 0.2) is 42.5 Å². The van der Waals surface area contributed by atoms with Gasteiger partial charge < -0.3 is 19.5 Å². The molecule has 0 spiro atoms. The van der Waals surface area contributed by atoms with Crippen LogP contribution < -0.4 is 9.47 Å². The van der Waals surface area contributed by atoms with Gasteiger partial charge in [-0.1, -0.05) is 12.1 Å². The minimum Gasteiger partial charge on any atom is -0.497 e. The third-order valence-electron chi connectivity index (χ3n) is 5.50. The Bertz CT molecular complexity index is 934.